The van der Waals surface area contributed by atoms with Crippen molar-refractivity contribution in [2.75, 3.05) is 11.9 Å². The number of amides is 2. The van der Waals surface area contributed by atoms with Crippen molar-refractivity contribution in [2.45, 2.75) is 33.3 Å². The highest BCUT2D eigenvalue weighted by Gasteiger charge is 2.19. The molecule has 0 bridgehead atoms. The standard InChI is InChI=1S/C26H27ClN2O3/c1-17-15-21(16-18(2)24(17)27)32-19(3)25(30)29-23-12-8-7-11-22(23)26(31)28-14-13-20-9-5-4-6-10-20/h4-12,15-16,19H,13-14H2,1-3H3,(H,28,31)(H,29,30)/t19-/m1/s1. The minimum atomic E-state index is -0.760. The normalized spacial score (nSPS) is 11.5. The van der Waals surface area contributed by atoms with E-state index in [1.807, 2.05) is 44.2 Å². The molecule has 0 fully saturated rings. The Hall–Kier alpha value is -3.31. The maximum absolute atomic E-state index is 12.7. The number of anilines is 1. The number of carbonyl (C=O) groups is 2. The van der Waals surface area contributed by atoms with Gasteiger partial charge in [-0.15, -0.1) is 0 Å². The van der Waals surface area contributed by atoms with E-state index in [9.17, 15) is 9.59 Å². The van der Waals surface area contributed by atoms with E-state index in [0.717, 1.165) is 23.1 Å². The number of rotatable bonds is 8. The molecule has 32 heavy (non-hydrogen) atoms. The fourth-order valence-electron chi connectivity index (χ4n) is 3.32. The Balaban J connectivity index is 1.62. The number of hydrogen-bond donors (Lipinski definition) is 2. The van der Waals surface area contributed by atoms with Gasteiger partial charge in [0.25, 0.3) is 11.8 Å². The van der Waals surface area contributed by atoms with Crippen LogP contribution >= 0.6 is 11.6 Å². The highest BCUT2D eigenvalue weighted by atomic mass is 35.5. The SMILES string of the molecule is Cc1cc(O[C@H](C)C(=O)Nc2ccccc2C(=O)NCCc2ccccc2)cc(C)c1Cl. The van der Waals surface area contributed by atoms with Gasteiger partial charge in [-0.3, -0.25) is 9.59 Å². The summed E-state index contributed by atoms with van der Waals surface area (Å²) >= 11 is 6.20. The monoisotopic (exact) mass is 450 g/mol. The quantitative estimate of drug-likeness (QED) is 0.487. The molecule has 0 aliphatic carbocycles. The fraction of sp³-hybridized carbons (Fsp3) is 0.231. The van der Waals surface area contributed by atoms with Gasteiger partial charge in [-0.25, -0.2) is 0 Å². The summed E-state index contributed by atoms with van der Waals surface area (Å²) in [5.41, 5.74) is 3.75. The van der Waals surface area contributed by atoms with E-state index in [-0.39, 0.29) is 11.8 Å². The minimum Gasteiger partial charge on any atom is -0.481 e. The number of halogens is 1. The molecular weight excluding hydrogens is 424 g/mol. The molecule has 0 aromatic heterocycles. The molecule has 0 aliphatic heterocycles. The minimum absolute atomic E-state index is 0.241. The number of para-hydroxylation sites is 1. The van der Waals surface area contributed by atoms with Crippen molar-refractivity contribution in [2.24, 2.45) is 0 Å². The zero-order chi connectivity index (χ0) is 23.1. The van der Waals surface area contributed by atoms with Gasteiger partial charge in [0.05, 0.1) is 11.3 Å². The average molecular weight is 451 g/mol. The average Bonchev–Trinajstić information content (AvgIpc) is 2.78. The van der Waals surface area contributed by atoms with Crippen LogP contribution in [-0.2, 0) is 11.2 Å². The van der Waals surface area contributed by atoms with E-state index >= 15 is 0 Å². The molecule has 0 aliphatic rings. The second kappa shape index (κ2) is 10.8. The van der Waals surface area contributed by atoms with Crippen molar-refractivity contribution in [3.05, 3.63) is 94.0 Å². The number of nitrogens with one attached hydrogen (secondary N) is 2. The van der Waals surface area contributed by atoms with Crippen molar-refractivity contribution < 1.29 is 14.3 Å². The number of aryl methyl sites for hydroxylation is 2. The van der Waals surface area contributed by atoms with Crippen LogP contribution in [0.1, 0.15) is 34.0 Å². The molecule has 0 saturated carbocycles. The summed E-state index contributed by atoms with van der Waals surface area (Å²) in [7, 11) is 0. The first-order valence-electron chi connectivity index (χ1n) is 10.5. The summed E-state index contributed by atoms with van der Waals surface area (Å²) in [6.45, 7) is 5.94. The third-order valence-electron chi connectivity index (χ3n) is 5.06. The van der Waals surface area contributed by atoms with Gasteiger partial charge in [0.15, 0.2) is 6.10 Å². The topological polar surface area (TPSA) is 67.4 Å². The van der Waals surface area contributed by atoms with Gasteiger partial charge in [-0.05, 0) is 68.1 Å². The molecule has 0 saturated heterocycles. The van der Waals surface area contributed by atoms with Gasteiger partial charge in [0.1, 0.15) is 5.75 Å². The lowest BCUT2D eigenvalue weighted by Gasteiger charge is -2.17. The van der Waals surface area contributed by atoms with Gasteiger partial charge in [0.2, 0.25) is 0 Å². The van der Waals surface area contributed by atoms with E-state index in [1.54, 1.807) is 43.3 Å². The molecular formula is C26H27ClN2O3. The van der Waals surface area contributed by atoms with Crippen LogP contribution in [0, 0.1) is 13.8 Å². The molecule has 2 amide bonds. The third-order valence-corrected chi connectivity index (χ3v) is 5.66. The molecule has 6 heteroatoms. The Morgan fingerprint density at radius 2 is 1.59 bits per heavy atom. The van der Waals surface area contributed by atoms with Gasteiger partial charge in [-0.1, -0.05) is 54.1 Å². The maximum Gasteiger partial charge on any atom is 0.265 e. The van der Waals surface area contributed by atoms with Crippen molar-refractivity contribution in [1.82, 2.24) is 5.32 Å². The first-order valence-corrected chi connectivity index (χ1v) is 10.9. The van der Waals surface area contributed by atoms with Crippen molar-refractivity contribution in [1.29, 1.82) is 0 Å². The van der Waals surface area contributed by atoms with E-state index in [1.165, 1.54) is 0 Å². The van der Waals surface area contributed by atoms with Crippen LogP contribution in [0.25, 0.3) is 0 Å². The van der Waals surface area contributed by atoms with Crippen LogP contribution in [-0.4, -0.2) is 24.5 Å². The molecule has 3 aromatic carbocycles. The highest BCUT2D eigenvalue weighted by molar-refractivity contribution is 6.32. The summed E-state index contributed by atoms with van der Waals surface area (Å²) < 4.78 is 5.81. The lowest BCUT2D eigenvalue weighted by Crippen LogP contribution is -2.32. The summed E-state index contributed by atoms with van der Waals surface area (Å²) in [5.74, 6) is -0.0202. The number of benzene rings is 3. The smallest absolute Gasteiger partial charge is 0.265 e. The molecule has 0 unspecified atom stereocenters. The molecule has 2 N–H and O–H groups in total. The molecule has 166 valence electrons. The predicted octanol–water partition coefficient (Wildman–Crippen LogP) is 5.34. The second-order valence-corrected chi connectivity index (χ2v) is 8.04. The second-order valence-electron chi connectivity index (χ2n) is 7.66. The highest BCUT2D eigenvalue weighted by Crippen LogP contribution is 2.26. The van der Waals surface area contributed by atoms with Gasteiger partial charge < -0.3 is 15.4 Å². The number of ether oxygens (including phenoxy) is 1. The number of hydrogen-bond acceptors (Lipinski definition) is 3. The summed E-state index contributed by atoms with van der Waals surface area (Å²) in [4.78, 5) is 25.4. The third kappa shape index (κ3) is 6.11. The van der Waals surface area contributed by atoms with E-state index < -0.39 is 6.10 Å². The van der Waals surface area contributed by atoms with Gasteiger partial charge in [0, 0.05) is 11.6 Å². The Morgan fingerprint density at radius 3 is 2.28 bits per heavy atom. The molecule has 0 spiro atoms. The van der Waals surface area contributed by atoms with Crippen molar-refractivity contribution >= 4 is 29.1 Å². The first kappa shape index (κ1) is 23.4. The van der Waals surface area contributed by atoms with Crippen LogP contribution in [0.3, 0.4) is 0 Å². The Morgan fingerprint density at radius 1 is 0.969 bits per heavy atom. The largest absolute Gasteiger partial charge is 0.481 e. The van der Waals surface area contributed by atoms with E-state index in [2.05, 4.69) is 10.6 Å². The van der Waals surface area contributed by atoms with Crippen LogP contribution in [0.2, 0.25) is 5.02 Å². The van der Waals surface area contributed by atoms with Gasteiger partial charge in [-0.2, -0.15) is 0 Å². The van der Waals surface area contributed by atoms with E-state index in [4.69, 9.17) is 16.3 Å². The fourth-order valence-corrected chi connectivity index (χ4v) is 3.43. The molecule has 1 atom stereocenters. The Bertz CT molecular complexity index is 1080. The molecule has 3 rings (SSSR count). The predicted molar refractivity (Wildman–Crippen MR) is 129 cm³/mol. The summed E-state index contributed by atoms with van der Waals surface area (Å²) in [6, 6.07) is 20.5. The molecule has 0 radical (unpaired) electrons. The van der Waals surface area contributed by atoms with Crippen molar-refractivity contribution in [3.63, 3.8) is 0 Å². The zero-order valence-corrected chi connectivity index (χ0v) is 19.2. The Labute approximate surface area is 193 Å². The van der Waals surface area contributed by atoms with Gasteiger partial charge >= 0.3 is 0 Å². The van der Waals surface area contributed by atoms with Crippen LogP contribution in [0.4, 0.5) is 5.69 Å². The zero-order valence-electron chi connectivity index (χ0n) is 18.4. The molecule has 5 nitrogen and oxygen atoms in total. The summed E-state index contributed by atoms with van der Waals surface area (Å²) in [6.07, 6.45) is -0.0319. The summed E-state index contributed by atoms with van der Waals surface area (Å²) in [5, 5.41) is 6.41. The van der Waals surface area contributed by atoms with E-state index in [0.29, 0.717) is 28.6 Å². The maximum atomic E-state index is 12.7. The number of carbonyl (C=O) groups excluding carboxylic acids is 2. The molecule has 3 aromatic rings. The lowest BCUT2D eigenvalue weighted by atomic mass is 10.1. The van der Waals surface area contributed by atoms with Crippen molar-refractivity contribution in [3.8, 4) is 5.75 Å². The lowest BCUT2D eigenvalue weighted by molar-refractivity contribution is -0.122. The Kier molecular flexibility index (Phi) is 7.90. The van der Waals surface area contributed by atoms with Crippen LogP contribution < -0.4 is 15.4 Å². The molecule has 0 heterocycles. The van der Waals surface area contributed by atoms with Crippen LogP contribution in [0.15, 0.2) is 66.7 Å². The van der Waals surface area contributed by atoms with Crippen LogP contribution in [0.5, 0.6) is 5.75 Å². The first-order chi connectivity index (χ1) is 15.3.